The average molecular weight is 184 g/mol. The molecule has 2 nitrogen and oxygen atoms in total. The molecule has 70 valence electrons. The Kier molecular flexibility index (Phi) is 1.10. The Bertz CT molecular complexity index is 424. The van der Waals surface area contributed by atoms with Crippen LogP contribution in [0, 0.1) is 5.92 Å². The minimum Gasteiger partial charge on any atom is -0.306 e. The second-order valence-electron chi connectivity index (χ2n) is 4.59. The van der Waals surface area contributed by atoms with Gasteiger partial charge in [0.25, 0.3) is 0 Å². The maximum atomic E-state index is 4.22. The molecule has 4 unspecified atom stereocenters. The highest BCUT2D eigenvalue weighted by molar-refractivity contribution is 5.69. The molecule has 1 fully saturated rings. The fourth-order valence-corrected chi connectivity index (χ4v) is 3.52. The van der Waals surface area contributed by atoms with Gasteiger partial charge in [0.2, 0.25) is 0 Å². The Balaban J connectivity index is 1.92. The highest BCUT2D eigenvalue weighted by atomic mass is 15.3. The maximum Gasteiger partial charge on any atom is 0.0593 e. The third-order valence-electron chi connectivity index (χ3n) is 4.09. The van der Waals surface area contributed by atoms with E-state index < -0.39 is 0 Å². The van der Waals surface area contributed by atoms with Crippen molar-refractivity contribution < 1.29 is 0 Å². The lowest BCUT2D eigenvalue weighted by Gasteiger charge is -2.25. The largest absolute Gasteiger partial charge is 0.306 e. The van der Waals surface area contributed by atoms with Gasteiger partial charge in [-0.05, 0) is 23.5 Å². The number of hydrazone groups is 1. The van der Waals surface area contributed by atoms with Gasteiger partial charge in [-0.1, -0.05) is 24.3 Å². The van der Waals surface area contributed by atoms with Crippen LogP contribution >= 0.6 is 0 Å². The summed E-state index contributed by atoms with van der Waals surface area (Å²) in [6.45, 7) is 0. The molecule has 0 aromatic heterocycles. The summed E-state index contributed by atoms with van der Waals surface area (Å²) in [4.78, 5) is 0. The summed E-state index contributed by atoms with van der Waals surface area (Å²) < 4.78 is 0. The molecule has 0 saturated heterocycles. The van der Waals surface area contributed by atoms with E-state index in [0.29, 0.717) is 17.9 Å². The molecule has 0 spiro atoms. The summed E-state index contributed by atoms with van der Waals surface area (Å²) in [5.74, 6) is 2.11. The van der Waals surface area contributed by atoms with Crippen LogP contribution in [-0.2, 0) is 0 Å². The first kappa shape index (κ1) is 7.04. The van der Waals surface area contributed by atoms with Gasteiger partial charge in [0.1, 0.15) is 0 Å². The SMILES string of the molecule is C1=NNC2C3CC(c4ccccc43)C12. The minimum atomic E-state index is 0.592. The number of hydrogen-bond acceptors (Lipinski definition) is 2. The highest BCUT2D eigenvalue weighted by Gasteiger charge is 2.51. The Labute approximate surface area is 83.0 Å². The summed E-state index contributed by atoms with van der Waals surface area (Å²) in [6, 6.07) is 9.49. The van der Waals surface area contributed by atoms with Crippen molar-refractivity contribution in [1.82, 2.24) is 5.43 Å². The van der Waals surface area contributed by atoms with Crippen molar-refractivity contribution in [3.05, 3.63) is 35.4 Å². The molecule has 0 radical (unpaired) electrons. The third-order valence-corrected chi connectivity index (χ3v) is 4.09. The maximum absolute atomic E-state index is 4.22. The molecule has 2 bridgehead atoms. The lowest BCUT2D eigenvalue weighted by Crippen LogP contribution is -2.32. The van der Waals surface area contributed by atoms with Gasteiger partial charge >= 0.3 is 0 Å². The first-order chi connectivity index (χ1) is 6.95. The predicted molar refractivity (Wildman–Crippen MR) is 55.4 cm³/mol. The van der Waals surface area contributed by atoms with Gasteiger partial charge in [0, 0.05) is 18.1 Å². The first-order valence-electron chi connectivity index (χ1n) is 5.33. The summed E-state index contributed by atoms with van der Waals surface area (Å²) in [6.07, 6.45) is 3.44. The normalized spacial score (nSPS) is 40.9. The highest BCUT2D eigenvalue weighted by Crippen LogP contribution is 2.56. The summed E-state index contributed by atoms with van der Waals surface area (Å²) in [5, 5.41) is 4.22. The molecule has 1 aliphatic heterocycles. The zero-order valence-corrected chi connectivity index (χ0v) is 7.85. The molecule has 1 heterocycles. The predicted octanol–water partition coefficient (Wildman–Crippen LogP) is 1.84. The summed E-state index contributed by atoms with van der Waals surface area (Å²) in [7, 11) is 0. The van der Waals surface area contributed by atoms with Crippen LogP contribution in [0.2, 0.25) is 0 Å². The van der Waals surface area contributed by atoms with Crippen molar-refractivity contribution in [2.75, 3.05) is 0 Å². The Hall–Kier alpha value is -1.31. The molecular weight excluding hydrogens is 172 g/mol. The Morgan fingerprint density at radius 2 is 1.93 bits per heavy atom. The molecule has 3 aliphatic rings. The zero-order valence-electron chi connectivity index (χ0n) is 7.85. The van der Waals surface area contributed by atoms with Crippen LogP contribution in [0.5, 0.6) is 0 Å². The van der Waals surface area contributed by atoms with E-state index in [1.54, 1.807) is 11.1 Å². The molecular formula is C12H12N2. The molecule has 1 saturated carbocycles. The molecule has 1 N–H and O–H groups in total. The number of fused-ring (bicyclic) bond motifs is 8. The van der Waals surface area contributed by atoms with E-state index in [1.165, 1.54) is 6.42 Å². The van der Waals surface area contributed by atoms with E-state index in [2.05, 4.69) is 41.0 Å². The van der Waals surface area contributed by atoms with Gasteiger partial charge in [-0.15, -0.1) is 0 Å². The number of hydrogen-bond donors (Lipinski definition) is 1. The second-order valence-corrected chi connectivity index (χ2v) is 4.59. The first-order valence-corrected chi connectivity index (χ1v) is 5.33. The van der Waals surface area contributed by atoms with Crippen molar-refractivity contribution >= 4 is 6.21 Å². The number of benzene rings is 1. The smallest absolute Gasteiger partial charge is 0.0593 e. The summed E-state index contributed by atoms with van der Waals surface area (Å²) >= 11 is 0. The molecule has 2 heteroatoms. The van der Waals surface area contributed by atoms with Gasteiger partial charge in [0.05, 0.1) is 6.04 Å². The second kappa shape index (κ2) is 2.19. The quantitative estimate of drug-likeness (QED) is 0.653. The molecule has 2 aliphatic carbocycles. The molecule has 14 heavy (non-hydrogen) atoms. The van der Waals surface area contributed by atoms with E-state index >= 15 is 0 Å². The fourth-order valence-electron chi connectivity index (χ4n) is 3.52. The van der Waals surface area contributed by atoms with Gasteiger partial charge < -0.3 is 5.43 Å². The Morgan fingerprint density at radius 1 is 1.14 bits per heavy atom. The molecule has 1 aromatic rings. The number of nitrogens with zero attached hydrogens (tertiary/aromatic N) is 1. The lowest BCUT2D eigenvalue weighted by atomic mass is 9.82. The van der Waals surface area contributed by atoms with Crippen molar-refractivity contribution in [2.24, 2.45) is 11.0 Å². The third kappa shape index (κ3) is 0.637. The molecule has 0 amide bonds. The molecule has 4 rings (SSSR count). The zero-order chi connectivity index (χ0) is 9.12. The van der Waals surface area contributed by atoms with Gasteiger partial charge in [0.15, 0.2) is 0 Å². The molecule has 1 aromatic carbocycles. The van der Waals surface area contributed by atoms with Crippen molar-refractivity contribution in [3.8, 4) is 0 Å². The van der Waals surface area contributed by atoms with E-state index in [9.17, 15) is 0 Å². The van der Waals surface area contributed by atoms with E-state index in [4.69, 9.17) is 0 Å². The molecule has 4 atom stereocenters. The standard InChI is InChI=1S/C12H12N2/c1-2-4-8-7(3-1)9-5-10(8)12-11(9)6-13-14-12/h1-4,6,9-12,14H,5H2. The average Bonchev–Trinajstić information content (AvgIpc) is 2.88. The van der Waals surface area contributed by atoms with Gasteiger partial charge in [-0.2, -0.15) is 5.10 Å². The number of rotatable bonds is 0. The van der Waals surface area contributed by atoms with E-state index in [0.717, 1.165) is 5.92 Å². The van der Waals surface area contributed by atoms with Crippen LogP contribution in [0.25, 0.3) is 0 Å². The van der Waals surface area contributed by atoms with Crippen LogP contribution in [0.15, 0.2) is 29.4 Å². The van der Waals surface area contributed by atoms with Crippen LogP contribution in [-0.4, -0.2) is 12.3 Å². The monoisotopic (exact) mass is 184 g/mol. The van der Waals surface area contributed by atoms with Crippen LogP contribution in [0.3, 0.4) is 0 Å². The van der Waals surface area contributed by atoms with Gasteiger partial charge in [-0.25, -0.2) is 0 Å². The lowest BCUT2D eigenvalue weighted by molar-refractivity contribution is 0.466. The topological polar surface area (TPSA) is 24.4 Å². The van der Waals surface area contributed by atoms with Gasteiger partial charge in [-0.3, -0.25) is 0 Å². The van der Waals surface area contributed by atoms with E-state index in [1.807, 2.05) is 0 Å². The van der Waals surface area contributed by atoms with Crippen molar-refractivity contribution in [1.29, 1.82) is 0 Å². The van der Waals surface area contributed by atoms with Crippen molar-refractivity contribution in [3.63, 3.8) is 0 Å². The van der Waals surface area contributed by atoms with E-state index in [-0.39, 0.29) is 0 Å². The van der Waals surface area contributed by atoms with Crippen molar-refractivity contribution in [2.45, 2.75) is 24.3 Å². The van der Waals surface area contributed by atoms with Crippen LogP contribution in [0.4, 0.5) is 0 Å². The van der Waals surface area contributed by atoms with Crippen LogP contribution < -0.4 is 5.43 Å². The number of nitrogens with one attached hydrogen (secondary N) is 1. The van der Waals surface area contributed by atoms with Crippen LogP contribution in [0.1, 0.15) is 29.4 Å². The fraction of sp³-hybridized carbons (Fsp3) is 0.417. The minimum absolute atomic E-state index is 0.592. The summed E-state index contributed by atoms with van der Waals surface area (Å²) in [5.41, 5.74) is 6.40. The Morgan fingerprint density at radius 3 is 2.79 bits per heavy atom.